The molecule has 1 aliphatic heterocycles. The summed E-state index contributed by atoms with van der Waals surface area (Å²) in [7, 11) is 0. The molecule has 7 heteroatoms. The quantitative estimate of drug-likeness (QED) is 0.413. The summed E-state index contributed by atoms with van der Waals surface area (Å²) >= 11 is 3.42. The number of benzene rings is 3. The highest BCUT2D eigenvalue weighted by Crippen LogP contribution is 2.33. The molecule has 2 amide bonds. The second kappa shape index (κ2) is 11.0. The van der Waals surface area contributed by atoms with Crippen molar-refractivity contribution in [2.24, 2.45) is 0 Å². The number of carbonyl (C=O) groups is 2. The Bertz CT molecular complexity index is 1200. The summed E-state index contributed by atoms with van der Waals surface area (Å²) < 4.78 is 0.938. The van der Waals surface area contributed by atoms with Crippen LogP contribution in [0, 0.1) is 0 Å². The number of amides is 2. The third-order valence-electron chi connectivity index (χ3n) is 6.25. The third kappa shape index (κ3) is 6.06. The first-order valence-electron chi connectivity index (χ1n) is 11.4. The molecule has 3 aromatic carbocycles. The molecular weight excluding hydrogens is 508 g/mol. The van der Waals surface area contributed by atoms with E-state index >= 15 is 0 Å². The number of piperidine rings is 1. The first-order valence-corrected chi connectivity index (χ1v) is 12.2. The number of halogens is 1. The van der Waals surface area contributed by atoms with Crippen molar-refractivity contribution in [3.05, 3.63) is 111 Å². The van der Waals surface area contributed by atoms with Crippen molar-refractivity contribution >= 4 is 33.8 Å². The summed E-state index contributed by atoms with van der Waals surface area (Å²) in [6, 6.07) is 23.4. The normalized spacial score (nSPS) is 15.5. The molecule has 0 aromatic heterocycles. The minimum Gasteiger partial charge on any atom is -0.392 e. The summed E-state index contributed by atoms with van der Waals surface area (Å²) in [4.78, 5) is 28.0. The molecule has 35 heavy (non-hydrogen) atoms. The van der Waals surface area contributed by atoms with E-state index in [1.807, 2.05) is 30.3 Å². The van der Waals surface area contributed by atoms with Crippen LogP contribution in [-0.2, 0) is 17.0 Å². The van der Waals surface area contributed by atoms with Crippen LogP contribution in [0.15, 0.2) is 89.0 Å². The summed E-state index contributed by atoms with van der Waals surface area (Å²) in [6.45, 7) is 0.635. The Hall–Kier alpha value is -3.26. The molecule has 3 aromatic rings. The van der Waals surface area contributed by atoms with Gasteiger partial charge in [0.05, 0.1) is 12.2 Å². The largest absolute Gasteiger partial charge is 0.392 e. The molecule has 0 spiro atoms. The molecule has 1 saturated heterocycles. The maximum atomic E-state index is 13.5. The van der Waals surface area contributed by atoms with E-state index in [9.17, 15) is 19.8 Å². The summed E-state index contributed by atoms with van der Waals surface area (Å²) in [5.41, 5.74) is 1.91. The first-order chi connectivity index (χ1) is 16.9. The molecule has 180 valence electrons. The number of carbonyl (C=O) groups excluding carboxylic acids is 2. The molecule has 0 saturated carbocycles. The van der Waals surface area contributed by atoms with Crippen LogP contribution >= 0.6 is 15.9 Å². The number of aliphatic hydroxyl groups is 2. The summed E-state index contributed by atoms with van der Waals surface area (Å²) in [6.07, 6.45) is 2.43. The maximum Gasteiger partial charge on any atom is 0.270 e. The van der Waals surface area contributed by atoms with Crippen molar-refractivity contribution in [1.82, 2.24) is 10.2 Å². The average Bonchev–Trinajstić information content (AvgIpc) is 2.89. The fraction of sp³-hybridized carbons (Fsp3) is 0.214. The Morgan fingerprint density at radius 2 is 1.57 bits per heavy atom. The van der Waals surface area contributed by atoms with Crippen LogP contribution in [0.3, 0.4) is 0 Å². The van der Waals surface area contributed by atoms with Gasteiger partial charge in [0.25, 0.3) is 11.8 Å². The van der Waals surface area contributed by atoms with Crippen LogP contribution in [0.25, 0.3) is 6.08 Å². The molecule has 0 radical (unpaired) electrons. The van der Waals surface area contributed by atoms with Gasteiger partial charge in [0.15, 0.2) is 0 Å². The van der Waals surface area contributed by atoms with E-state index in [2.05, 4.69) is 21.2 Å². The van der Waals surface area contributed by atoms with Crippen LogP contribution in [0.4, 0.5) is 0 Å². The van der Waals surface area contributed by atoms with Crippen molar-refractivity contribution in [3.8, 4) is 0 Å². The van der Waals surface area contributed by atoms with Gasteiger partial charge in [0.2, 0.25) is 0 Å². The standard InChI is InChI=1S/C28H27BrN2O4/c29-24-12-10-23(11-13-24)28(35)14-16-31(17-15-28)27(34)25(18-20-6-8-21(19-32)9-7-20)30-26(33)22-4-2-1-3-5-22/h1-13,18,32,35H,14-17,19H2,(H,30,33)/b25-18-. The van der Waals surface area contributed by atoms with Crippen LogP contribution in [0.1, 0.15) is 39.9 Å². The van der Waals surface area contributed by atoms with Crippen molar-refractivity contribution in [2.45, 2.75) is 25.0 Å². The van der Waals surface area contributed by atoms with Gasteiger partial charge in [-0.25, -0.2) is 0 Å². The molecule has 3 N–H and O–H groups in total. The van der Waals surface area contributed by atoms with Gasteiger partial charge in [0, 0.05) is 23.1 Å². The number of nitrogens with zero attached hydrogens (tertiary/aromatic N) is 1. The Labute approximate surface area is 213 Å². The Balaban J connectivity index is 1.54. The highest BCUT2D eigenvalue weighted by atomic mass is 79.9. The van der Waals surface area contributed by atoms with E-state index in [0.717, 1.165) is 21.2 Å². The van der Waals surface area contributed by atoms with E-state index in [1.165, 1.54) is 0 Å². The zero-order valence-electron chi connectivity index (χ0n) is 19.2. The van der Waals surface area contributed by atoms with Gasteiger partial charge in [-0.2, -0.15) is 0 Å². The Morgan fingerprint density at radius 3 is 2.17 bits per heavy atom. The van der Waals surface area contributed by atoms with Gasteiger partial charge >= 0.3 is 0 Å². The van der Waals surface area contributed by atoms with Crippen LogP contribution < -0.4 is 5.32 Å². The molecule has 0 aliphatic carbocycles. The van der Waals surface area contributed by atoms with E-state index < -0.39 is 5.60 Å². The number of nitrogens with one attached hydrogen (secondary N) is 1. The summed E-state index contributed by atoms with van der Waals surface area (Å²) in [5.74, 6) is -0.682. The second-order valence-electron chi connectivity index (χ2n) is 8.61. The number of aliphatic hydroxyl groups excluding tert-OH is 1. The molecule has 0 bridgehead atoms. The highest BCUT2D eigenvalue weighted by Gasteiger charge is 2.36. The van der Waals surface area contributed by atoms with Crippen LogP contribution in [-0.4, -0.2) is 40.0 Å². The van der Waals surface area contributed by atoms with Crippen molar-refractivity contribution in [3.63, 3.8) is 0 Å². The lowest BCUT2D eigenvalue weighted by Crippen LogP contribution is -2.47. The molecule has 4 rings (SSSR count). The predicted molar refractivity (Wildman–Crippen MR) is 138 cm³/mol. The van der Waals surface area contributed by atoms with E-state index in [0.29, 0.717) is 31.5 Å². The third-order valence-corrected chi connectivity index (χ3v) is 6.78. The van der Waals surface area contributed by atoms with Gasteiger partial charge in [-0.1, -0.05) is 70.5 Å². The minimum atomic E-state index is -1.01. The number of rotatable bonds is 6. The molecular formula is C28H27BrN2O4. The zero-order valence-corrected chi connectivity index (χ0v) is 20.7. The van der Waals surface area contributed by atoms with Gasteiger partial charge in [-0.3, -0.25) is 9.59 Å². The fourth-order valence-corrected chi connectivity index (χ4v) is 4.38. The summed E-state index contributed by atoms with van der Waals surface area (Å²) in [5, 5.41) is 23.3. The predicted octanol–water partition coefficient (Wildman–Crippen LogP) is 4.22. The molecule has 1 fully saturated rings. The topological polar surface area (TPSA) is 89.9 Å². The number of hydrogen-bond donors (Lipinski definition) is 3. The molecule has 1 aliphatic rings. The fourth-order valence-electron chi connectivity index (χ4n) is 4.12. The lowest BCUT2D eigenvalue weighted by atomic mass is 9.84. The lowest BCUT2D eigenvalue weighted by Gasteiger charge is -2.38. The Morgan fingerprint density at radius 1 is 0.943 bits per heavy atom. The van der Waals surface area contributed by atoms with Crippen molar-refractivity contribution in [1.29, 1.82) is 0 Å². The van der Waals surface area contributed by atoms with Gasteiger partial charge in [0.1, 0.15) is 5.70 Å². The average molecular weight is 535 g/mol. The molecule has 0 unspecified atom stereocenters. The maximum absolute atomic E-state index is 13.5. The first kappa shape index (κ1) is 24.9. The van der Waals surface area contributed by atoms with E-state index in [4.69, 9.17) is 0 Å². The van der Waals surface area contributed by atoms with Gasteiger partial charge in [-0.05, 0) is 59.9 Å². The smallest absolute Gasteiger partial charge is 0.270 e. The van der Waals surface area contributed by atoms with E-state index in [-0.39, 0.29) is 24.1 Å². The van der Waals surface area contributed by atoms with Crippen molar-refractivity contribution < 1.29 is 19.8 Å². The molecule has 0 atom stereocenters. The lowest BCUT2D eigenvalue weighted by molar-refractivity contribution is -0.131. The molecule has 6 nitrogen and oxygen atoms in total. The van der Waals surface area contributed by atoms with E-state index in [1.54, 1.807) is 59.5 Å². The van der Waals surface area contributed by atoms with Crippen molar-refractivity contribution in [2.75, 3.05) is 13.1 Å². The zero-order chi connectivity index (χ0) is 24.8. The van der Waals surface area contributed by atoms with Crippen LogP contribution in [0.5, 0.6) is 0 Å². The SMILES string of the molecule is O=C(N/C(=C\c1ccc(CO)cc1)C(=O)N1CCC(O)(c2ccc(Br)cc2)CC1)c1ccccc1. The highest BCUT2D eigenvalue weighted by molar-refractivity contribution is 9.10. The number of likely N-dealkylation sites (tertiary alicyclic amines) is 1. The minimum absolute atomic E-state index is 0.0738. The Kier molecular flexibility index (Phi) is 7.80. The monoisotopic (exact) mass is 534 g/mol. The van der Waals surface area contributed by atoms with Gasteiger partial charge < -0.3 is 20.4 Å². The molecule has 1 heterocycles. The number of hydrogen-bond acceptors (Lipinski definition) is 4. The second-order valence-corrected chi connectivity index (χ2v) is 9.52. The van der Waals surface area contributed by atoms with Gasteiger partial charge in [-0.15, -0.1) is 0 Å². The van der Waals surface area contributed by atoms with Crippen LogP contribution in [0.2, 0.25) is 0 Å².